The molecule has 0 aliphatic carbocycles. The van der Waals surface area contributed by atoms with E-state index in [0.717, 1.165) is 21.8 Å². The van der Waals surface area contributed by atoms with E-state index in [4.69, 9.17) is 28.9 Å². The third kappa shape index (κ3) is 3.41. The SMILES string of the molecule is Cc1ccc(C(CN)Nc2ccccc2Cl)cc1Cl. The van der Waals surface area contributed by atoms with E-state index in [1.165, 1.54) is 0 Å². The normalized spacial score (nSPS) is 12.2. The molecular weight excluding hydrogens is 279 g/mol. The molecule has 1 unspecified atom stereocenters. The number of rotatable bonds is 4. The maximum absolute atomic E-state index is 6.15. The van der Waals surface area contributed by atoms with E-state index in [1.54, 1.807) is 0 Å². The van der Waals surface area contributed by atoms with E-state index in [-0.39, 0.29) is 6.04 Å². The van der Waals surface area contributed by atoms with Crippen LogP contribution in [-0.2, 0) is 0 Å². The van der Waals surface area contributed by atoms with Crippen LogP contribution < -0.4 is 11.1 Å². The molecule has 0 aliphatic heterocycles. The number of hydrogen-bond acceptors (Lipinski definition) is 2. The Hall–Kier alpha value is -1.22. The van der Waals surface area contributed by atoms with Gasteiger partial charge in [-0.3, -0.25) is 0 Å². The quantitative estimate of drug-likeness (QED) is 0.876. The van der Waals surface area contributed by atoms with Crippen molar-refractivity contribution in [3.63, 3.8) is 0 Å². The summed E-state index contributed by atoms with van der Waals surface area (Å²) < 4.78 is 0. The van der Waals surface area contributed by atoms with Gasteiger partial charge in [0.2, 0.25) is 0 Å². The third-order valence-electron chi connectivity index (χ3n) is 3.04. The molecule has 0 radical (unpaired) electrons. The van der Waals surface area contributed by atoms with Crippen molar-refractivity contribution < 1.29 is 0 Å². The van der Waals surface area contributed by atoms with Gasteiger partial charge in [0, 0.05) is 11.6 Å². The van der Waals surface area contributed by atoms with E-state index in [1.807, 2.05) is 49.4 Å². The van der Waals surface area contributed by atoms with Crippen LogP contribution in [0.2, 0.25) is 10.0 Å². The number of anilines is 1. The van der Waals surface area contributed by atoms with Gasteiger partial charge in [0.25, 0.3) is 0 Å². The Morgan fingerprint density at radius 1 is 1.11 bits per heavy atom. The fourth-order valence-corrected chi connectivity index (χ4v) is 2.25. The summed E-state index contributed by atoms with van der Waals surface area (Å²) in [5, 5.41) is 4.77. The highest BCUT2D eigenvalue weighted by atomic mass is 35.5. The lowest BCUT2D eigenvalue weighted by molar-refractivity contribution is 0.790. The van der Waals surface area contributed by atoms with Gasteiger partial charge in [-0.2, -0.15) is 0 Å². The van der Waals surface area contributed by atoms with Gasteiger partial charge in [0.15, 0.2) is 0 Å². The van der Waals surface area contributed by atoms with E-state index in [2.05, 4.69) is 5.32 Å². The monoisotopic (exact) mass is 294 g/mol. The molecule has 2 aromatic rings. The lowest BCUT2D eigenvalue weighted by Crippen LogP contribution is -2.20. The second-order valence-corrected chi connectivity index (χ2v) is 5.24. The minimum absolute atomic E-state index is 0.0157. The Morgan fingerprint density at radius 3 is 2.47 bits per heavy atom. The first kappa shape index (κ1) is 14.2. The van der Waals surface area contributed by atoms with E-state index in [0.29, 0.717) is 11.6 Å². The van der Waals surface area contributed by atoms with Crippen LogP contribution in [0.1, 0.15) is 17.2 Å². The summed E-state index contributed by atoms with van der Waals surface area (Å²) in [5.74, 6) is 0. The Kier molecular flexibility index (Phi) is 4.70. The van der Waals surface area contributed by atoms with Crippen molar-refractivity contribution in [3.05, 3.63) is 63.6 Å². The molecule has 100 valence electrons. The lowest BCUT2D eigenvalue weighted by Gasteiger charge is -2.20. The Morgan fingerprint density at radius 2 is 1.84 bits per heavy atom. The molecule has 2 rings (SSSR count). The number of aryl methyl sites for hydroxylation is 1. The molecule has 0 aliphatic rings. The lowest BCUT2D eigenvalue weighted by atomic mass is 10.0. The molecule has 0 saturated carbocycles. The maximum atomic E-state index is 6.15. The van der Waals surface area contributed by atoms with Gasteiger partial charge in [0.1, 0.15) is 0 Å². The summed E-state index contributed by atoms with van der Waals surface area (Å²) in [6.07, 6.45) is 0. The zero-order valence-electron chi connectivity index (χ0n) is 10.7. The number of nitrogens with one attached hydrogen (secondary N) is 1. The molecular formula is C15H16Cl2N2. The first-order valence-corrected chi connectivity index (χ1v) is 6.84. The van der Waals surface area contributed by atoms with Crippen molar-refractivity contribution in [2.24, 2.45) is 5.73 Å². The van der Waals surface area contributed by atoms with Crippen LogP contribution >= 0.6 is 23.2 Å². The fourth-order valence-electron chi connectivity index (χ4n) is 1.87. The molecule has 0 heterocycles. The van der Waals surface area contributed by atoms with Crippen molar-refractivity contribution >= 4 is 28.9 Å². The minimum Gasteiger partial charge on any atom is -0.376 e. The highest BCUT2D eigenvalue weighted by molar-refractivity contribution is 6.33. The maximum Gasteiger partial charge on any atom is 0.0637 e. The van der Waals surface area contributed by atoms with Crippen molar-refractivity contribution in [2.75, 3.05) is 11.9 Å². The molecule has 0 aromatic heterocycles. The van der Waals surface area contributed by atoms with E-state index in [9.17, 15) is 0 Å². The van der Waals surface area contributed by atoms with Gasteiger partial charge in [-0.1, -0.05) is 47.5 Å². The van der Waals surface area contributed by atoms with Gasteiger partial charge in [-0.15, -0.1) is 0 Å². The highest BCUT2D eigenvalue weighted by Crippen LogP contribution is 2.27. The van der Waals surface area contributed by atoms with Crippen LogP contribution in [0.25, 0.3) is 0 Å². The largest absolute Gasteiger partial charge is 0.376 e. The molecule has 0 spiro atoms. The van der Waals surface area contributed by atoms with Gasteiger partial charge in [0.05, 0.1) is 16.8 Å². The second-order valence-electron chi connectivity index (χ2n) is 4.42. The van der Waals surface area contributed by atoms with Gasteiger partial charge >= 0.3 is 0 Å². The van der Waals surface area contributed by atoms with Crippen molar-refractivity contribution in [2.45, 2.75) is 13.0 Å². The number of halogens is 2. The average Bonchev–Trinajstić information content (AvgIpc) is 2.41. The summed E-state index contributed by atoms with van der Waals surface area (Å²) in [6.45, 7) is 2.44. The van der Waals surface area contributed by atoms with Crippen molar-refractivity contribution in [1.82, 2.24) is 0 Å². The van der Waals surface area contributed by atoms with Gasteiger partial charge in [-0.25, -0.2) is 0 Å². The summed E-state index contributed by atoms with van der Waals surface area (Å²) in [7, 11) is 0. The van der Waals surface area contributed by atoms with Crippen LogP contribution in [0.4, 0.5) is 5.69 Å². The number of hydrogen-bond donors (Lipinski definition) is 2. The van der Waals surface area contributed by atoms with Gasteiger partial charge < -0.3 is 11.1 Å². The molecule has 0 amide bonds. The van der Waals surface area contributed by atoms with Crippen LogP contribution in [0.15, 0.2) is 42.5 Å². The Bertz CT molecular complexity index is 570. The Balaban J connectivity index is 2.25. The molecule has 0 bridgehead atoms. The summed E-state index contributed by atoms with van der Waals surface area (Å²) in [5.41, 5.74) is 8.82. The number of nitrogens with two attached hydrogens (primary N) is 1. The number of benzene rings is 2. The molecule has 2 nitrogen and oxygen atoms in total. The average molecular weight is 295 g/mol. The molecule has 2 aromatic carbocycles. The molecule has 19 heavy (non-hydrogen) atoms. The molecule has 0 saturated heterocycles. The first-order chi connectivity index (χ1) is 9.11. The predicted molar refractivity (Wildman–Crippen MR) is 83.1 cm³/mol. The second kappa shape index (κ2) is 6.29. The van der Waals surface area contributed by atoms with Crippen molar-refractivity contribution in [1.29, 1.82) is 0 Å². The minimum atomic E-state index is -0.0157. The topological polar surface area (TPSA) is 38.0 Å². The summed E-state index contributed by atoms with van der Waals surface area (Å²) in [4.78, 5) is 0. The summed E-state index contributed by atoms with van der Waals surface area (Å²) in [6, 6.07) is 13.6. The van der Waals surface area contributed by atoms with Crippen LogP contribution in [0.3, 0.4) is 0 Å². The Labute approximate surface area is 123 Å². The zero-order valence-corrected chi connectivity index (χ0v) is 12.2. The molecule has 1 atom stereocenters. The zero-order chi connectivity index (χ0) is 13.8. The van der Waals surface area contributed by atoms with Crippen LogP contribution in [-0.4, -0.2) is 6.54 Å². The smallest absolute Gasteiger partial charge is 0.0637 e. The third-order valence-corrected chi connectivity index (χ3v) is 3.77. The van der Waals surface area contributed by atoms with Gasteiger partial charge in [-0.05, 0) is 36.2 Å². The van der Waals surface area contributed by atoms with E-state index < -0.39 is 0 Å². The van der Waals surface area contributed by atoms with Crippen LogP contribution in [0.5, 0.6) is 0 Å². The fraction of sp³-hybridized carbons (Fsp3) is 0.200. The van der Waals surface area contributed by atoms with Crippen molar-refractivity contribution in [3.8, 4) is 0 Å². The predicted octanol–water partition coefficient (Wildman–Crippen LogP) is 4.41. The molecule has 0 fully saturated rings. The summed E-state index contributed by atoms with van der Waals surface area (Å²) >= 11 is 12.3. The highest BCUT2D eigenvalue weighted by Gasteiger charge is 2.12. The standard InChI is InChI=1S/C15H16Cl2N2/c1-10-6-7-11(8-13(10)17)15(9-18)19-14-5-3-2-4-12(14)16/h2-8,15,19H,9,18H2,1H3. The first-order valence-electron chi connectivity index (χ1n) is 6.09. The van der Waals surface area contributed by atoms with E-state index >= 15 is 0 Å². The molecule has 4 heteroatoms. The number of para-hydroxylation sites is 1. The van der Waals surface area contributed by atoms with Crippen LogP contribution in [0, 0.1) is 6.92 Å². The molecule has 3 N–H and O–H groups in total.